The molecule has 2 saturated heterocycles. The molecule has 0 amide bonds. The number of unbranched alkanes of at least 4 members (excludes halogenated alkanes) is 17. The molecule has 4 unspecified atom stereocenters. The fourth-order valence-corrected chi connectivity index (χ4v) is 6.74. The fraction of sp³-hybridized carbons (Fsp3) is 0.950. The van der Waals surface area contributed by atoms with Crippen LogP contribution in [0.4, 0.5) is 0 Å². The van der Waals surface area contributed by atoms with E-state index < -0.39 is 92.7 Å². The fourth-order valence-electron chi connectivity index (χ4n) is 6.74. The summed E-state index contributed by atoms with van der Waals surface area (Å²) in [6.45, 7) is 2.52. The SMILES string of the molecule is CCCCCCCCCCCCC(=O)O[C@H](COC(=O)CCCCCCCCCCC)CO[C@@H]1O[C@H](CO[C@@H]2O[C@H](CO)[C@H](O)C(O)C2O)[C@H](O)C(O)C1O. The average Bonchev–Trinajstić information content (AvgIpc) is 3.18. The van der Waals surface area contributed by atoms with Gasteiger partial charge in [0.25, 0.3) is 0 Å². The highest BCUT2D eigenvalue weighted by atomic mass is 16.7. The summed E-state index contributed by atoms with van der Waals surface area (Å²) < 4.78 is 33.3. The Kier molecular flexibility index (Phi) is 26.8. The van der Waals surface area contributed by atoms with Gasteiger partial charge in [0.15, 0.2) is 18.7 Å². The molecule has 0 aromatic rings. The maximum atomic E-state index is 12.8. The number of aliphatic hydroxyl groups is 7. The predicted molar refractivity (Wildman–Crippen MR) is 201 cm³/mol. The summed E-state index contributed by atoms with van der Waals surface area (Å²) in [5.41, 5.74) is 0. The number of carbonyl (C=O) groups is 2. The van der Waals surface area contributed by atoms with Gasteiger partial charge in [-0.2, -0.15) is 0 Å². The summed E-state index contributed by atoms with van der Waals surface area (Å²) in [7, 11) is 0. The molecule has 0 aliphatic carbocycles. The number of hydrogen-bond donors (Lipinski definition) is 7. The van der Waals surface area contributed by atoms with Crippen LogP contribution in [0, 0.1) is 0 Å². The minimum atomic E-state index is -1.76. The second-order valence-corrected chi connectivity index (χ2v) is 15.2. The van der Waals surface area contributed by atoms with E-state index in [9.17, 15) is 45.3 Å². The van der Waals surface area contributed by atoms with Crippen LogP contribution >= 0.6 is 0 Å². The minimum absolute atomic E-state index is 0.171. The highest BCUT2D eigenvalue weighted by molar-refractivity contribution is 5.70. The van der Waals surface area contributed by atoms with Crippen molar-refractivity contribution in [3.8, 4) is 0 Å². The van der Waals surface area contributed by atoms with Crippen LogP contribution in [0.15, 0.2) is 0 Å². The van der Waals surface area contributed by atoms with Gasteiger partial charge in [0.1, 0.15) is 55.4 Å². The summed E-state index contributed by atoms with van der Waals surface area (Å²) in [6.07, 6.45) is 4.59. The zero-order chi connectivity index (χ0) is 40.4. The summed E-state index contributed by atoms with van der Waals surface area (Å²) >= 11 is 0. The molecule has 0 radical (unpaired) electrons. The predicted octanol–water partition coefficient (Wildman–Crippen LogP) is 3.31. The van der Waals surface area contributed by atoms with E-state index in [0.29, 0.717) is 12.8 Å². The molecular formula is C40H74O15. The monoisotopic (exact) mass is 795 g/mol. The zero-order valence-electron chi connectivity index (χ0n) is 33.4. The Morgan fingerprint density at radius 1 is 0.509 bits per heavy atom. The first kappa shape index (κ1) is 49.6. The van der Waals surface area contributed by atoms with E-state index in [0.717, 1.165) is 38.5 Å². The standard InChI is InChI=1S/C40H74O15/c1-3-5-7-9-11-13-15-17-19-21-23-32(43)53-28(25-50-31(42)22-20-18-16-14-12-10-8-6-4-2)26-51-39-38(49)36(47)34(45)30(55-39)27-52-40-37(48)35(46)33(44)29(24-41)54-40/h28-30,33-41,44-49H,3-27H2,1-2H3/t28-,29-,30-,33+,34+,35?,36?,37?,38?,39-,40-/m1/s1. The highest BCUT2D eigenvalue weighted by Gasteiger charge is 2.47. The number of carbonyl (C=O) groups excluding carboxylic acids is 2. The van der Waals surface area contributed by atoms with Crippen molar-refractivity contribution in [1.82, 2.24) is 0 Å². The Labute approximate surface area is 328 Å². The van der Waals surface area contributed by atoms with Crippen molar-refractivity contribution in [1.29, 1.82) is 0 Å². The molecule has 2 aliphatic rings. The summed E-state index contributed by atoms with van der Waals surface area (Å²) in [5, 5.41) is 71.6. The third-order valence-electron chi connectivity index (χ3n) is 10.3. The van der Waals surface area contributed by atoms with Crippen LogP contribution in [0.1, 0.15) is 149 Å². The van der Waals surface area contributed by atoms with Crippen molar-refractivity contribution in [2.45, 2.75) is 216 Å². The first-order chi connectivity index (χ1) is 26.5. The third-order valence-corrected chi connectivity index (χ3v) is 10.3. The van der Waals surface area contributed by atoms with E-state index >= 15 is 0 Å². The Morgan fingerprint density at radius 3 is 1.42 bits per heavy atom. The van der Waals surface area contributed by atoms with Crippen LogP contribution in [0.2, 0.25) is 0 Å². The highest BCUT2D eigenvalue weighted by Crippen LogP contribution is 2.26. The van der Waals surface area contributed by atoms with Gasteiger partial charge in [-0.3, -0.25) is 9.59 Å². The van der Waals surface area contributed by atoms with Crippen molar-refractivity contribution >= 4 is 11.9 Å². The van der Waals surface area contributed by atoms with Gasteiger partial charge >= 0.3 is 11.9 Å². The van der Waals surface area contributed by atoms with E-state index in [2.05, 4.69) is 13.8 Å². The molecule has 0 aromatic heterocycles. The number of rotatable bonds is 31. The molecule has 55 heavy (non-hydrogen) atoms. The van der Waals surface area contributed by atoms with Crippen molar-refractivity contribution in [2.75, 3.05) is 26.4 Å². The van der Waals surface area contributed by atoms with Crippen LogP contribution in [0.5, 0.6) is 0 Å². The first-order valence-electron chi connectivity index (χ1n) is 21.1. The first-order valence-corrected chi connectivity index (χ1v) is 21.1. The molecule has 0 aromatic carbocycles. The number of ether oxygens (including phenoxy) is 6. The van der Waals surface area contributed by atoms with Gasteiger partial charge in [-0.25, -0.2) is 0 Å². The lowest BCUT2D eigenvalue weighted by molar-refractivity contribution is -0.332. The molecule has 2 aliphatic heterocycles. The number of hydrogen-bond acceptors (Lipinski definition) is 15. The van der Waals surface area contributed by atoms with E-state index in [1.165, 1.54) is 70.6 Å². The molecule has 15 heteroatoms. The van der Waals surface area contributed by atoms with Gasteiger partial charge in [-0.1, -0.05) is 123 Å². The molecule has 0 spiro atoms. The van der Waals surface area contributed by atoms with Crippen molar-refractivity contribution in [3.05, 3.63) is 0 Å². The second kappa shape index (κ2) is 29.7. The Bertz CT molecular complexity index is 986. The van der Waals surface area contributed by atoms with Gasteiger partial charge < -0.3 is 64.2 Å². The topological polar surface area (TPSA) is 231 Å². The van der Waals surface area contributed by atoms with Gasteiger partial charge in [0, 0.05) is 12.8 Å². The largest absolute Gasteiger partial charge is 0.462 e. The van der Waals surface area contributed by atoms with Gasteiger partial charge in [-0.05, 0) is 12.8 Å². The van der Waals surface area contributed by atoms with Crippen molar-refractivity contribution < 1.29 is 73.8 Å². The molecule has 7 N–H and O–H groups in total. The molecule has 0 saturated carbocycles. The normalized spacial score (nSPS) is 28.9. The van der Waals surface area contributed by atoms with Gasteiger partial charge in [-0.15, -0.1) is 0 Å². The molecule has 324 valence electrons. The molecule has 15 nitrogen and oxygen atoms in total. The lowest BCUT2D eigenvalue weighted by Crippen LogP contribution is -2.61. The summed E-state index contributed by atoms with van der Waals surface area (Å²) in [5.74, 6) is -0.925. The Balaban J connectivity index is 1.89. The average molecular weight is 795 g/mol. The molecule has 11 atom stereocenters. The lowest BCUT2D eigenvalue weighted by atomic mass is 9.98. The molecular weight excluding hydrogens is 720 g/mol. The van der Waals surface area contributed by atoms with Crippen molar-refractivity contribution in [3.63, 3.8) is 0 Å². The van der Waals surface area contributed by atoms with E-state index in [-0.39, 0.29) is 26.1 Å². The van der Waals surface area contributed by atoms with Crippen LogP contribution in [0.25, 0.3) is 0 Å². The van der Waals surface area contributed by atoms with E-state index in [4.69, 9.17) is 28.4 Å². The number of esters is 2. The maximum absolute atomic E-state index is 12.8. The minimum Gasteiger partial charge on any atom is -0.462 e. The smallest absolute Gasteiger partial charge is 0.306 e. The van der Waals surface area contributed by atoms with Crippen LogP contribution < -0.4 is 0 Å². The van der Waals surface area contributed by atoms with Crippen LogP contribution in [-0.4, -0.2) is 142 Å². The van der Waals surface area contributed by atoms with E-state index in [1.54, 1.807) is 0 Å². The summed E-state index contributed by atoms with van der Waals surface area (Å²) in [4.78, 5) is 25.4. The van der Waals surface area contributed by atoms with Crippen LogP contribution in [0.3, 0.4) is 0 Å². The second-order valence-electron chi connectivity index (χ2n) is 15.2. The number of aliphatic hydroxyl groups excluding tert-OH is 7. The molecule has 2 rings (SSSR count). The quantitative estimate of drug-likeness (QED) is 0.0394. The Morgan fingerprint density at radius 2 is 0.927 bits per heavy atom. The molecule has 2 heterocycles. The molecule has 2 fully saturated rings. The lowest BCUT2D eigenvalue weighted by Gasteiger charge is -2.42. The third kappa shape index (κ3) is 19.7. The maximum Gasteiger partial charge on any atom is 0.306 e. The van der Waals surface area contributed by atoms with E-state index in [1.807, 2.05) is 0 Å². The van der Waals surface area contributed by atoms with Crippen molar-refractivity contribution in [2.24, 2.45) is 0 Å². The van der Waals surface area contributed by atoms with Gasteiger partial charge in [0.2, 0.25) is 0 Å². The summed E-state index contributed by atoms with van der Waals surface area (Å²) in [6, 6.07) is 0. The van der Waals surface area contributed by atoms with Gasteiger partial charge in [0.05, 0.1) is 19.8 Å². The Hall–Kier alpha value is -1.50. The molecule has 0 bridgehead atoms. The van der Waals surface area contributed by atoms with Crippen LogP contribution in [-0.2, 0) is 38.0 Å². The zero-order valence-corrected chi connectivity index (χ0v) is 33.4.